The van der Waals surface area contributed by atoms with E-state index in [-0.39, 0.29) is 0 Å². The van der Waals surface area contributed by atoms with E-state index >= 15 is 0 Å². The first-order valence-electron chi connectivity index (χ1n) is 10.4. The molecule has 0 radical (unpaired) electrons. The summed E-state index contributed by atoms with van der Waals surface area (Å²) in [6.07, 6.45) is 0. The molecule has 0 amide bonds. The van der Waals surface area contributed by atoms with Crippen molar-refractivity contribution in [2.45, 2.75) is 0 Å². The Morgan fingerprint density at radius 3 is 2.03 bits per heavy atom. The van der Waals surface area contributed by atoms with E-state index in [1.807, 2.05) is 48.5 Å². The number of hydrogen-bond donors (Lipinski definition) is 0. The molecule has 4 aromatic carbocycles. The van der Waals surface area contributed by atoms with Crippen molar-refractivity contribution in [3.8, 4) is 33.8 Å². The Labute approximate surface area is 194 Å². The lowest BCUT2D eigenvalue weighted by Gasteiger charge is -2.09. The second-order valence-corrected chi connectivity index (χ2v) is 9.12. The van der Waals surface area contributed by atoms with Crippen LogP contribution < -0.4 is 0 Å². The zero-order valence-corrected chi connectivity index (χ0v) is 18.6. The molecule has 152 valence electrons. The van der Waals surface area contributed by atoms with Gasteiger partial charge < -0.3 is 0 Å². The minimum Gasteiger partial charge on any atom is -0.226 e. The Bertz CT molecular complexity index is 1570. The summed E-state index contributed by atoms with van der Waals surface area (Å²) >= 11 is 8.28. The number of thiophene rings is 1. The van der Waals surface area contributed by atoms with Gasteiger partial charge in [0.05, 0.1) is 15.9 Å². The normalized spacial score (nSPS) is 11.3. The lowest BCUT2D eigenvalue weighted by Crippen LogP contribution is -1.94. The van der Waals surface area contributed by atoms with E-state index in [0.717, 1.165) is 43.6 Å². The molecule has 0 saturated heterocycles. The van der Waals surface area contributed by atoms with Crippen LogP contribution >= 0.6 is 22.9 Å². The van der Waals surface area contributed by atoms with Gasteiger partial charge in [0.1, 0.15) is 0 Å². The highest BCUT2D eigenvalue weighted by Gasteiger charge is 2.17. The molecular formula is C28H17ClN2S. The Kier molecular flexibility index (Phi) is 4.71. The largest absolute Gasteiger partial charge is 0.226 e. The zero-order chi connectivity index (χ0) is 21.5. The molecule has 0 aliphatic carbocycles. The number of hydrogen-bond acceptors (Lipinski definition) is 3. The van der Waals surface area contributed by atoms with Gasteiger partial charge in [-0.15, -0.1) is 11.3 Å². The van der Waals surface area contributed by atoms with Crippen LogP contribution in [0, 0.1) is 0 Å². The van der Waals surface area contributed by atoms with E-state index in [1.54, 1.807) is 11.3 Å². The summed E-state index contributed by atoms with van der Waals surface area (Å²) in [7, 11) is 0. The summed E-state index contributed by atoms with van der Waals surface area (Å²) in [4.78, 5) is 10.1. The molecule has 0 aliphatic heterocycles. The van der Waals surface area contributed by atoms with Gasteiger partial charge in [0.2, 0.25) is 0 Å². The molecule has 0 bridgehead atoms. The van der Waals surface area contributed by atoms with Crippen molar-refractivity contribution in [3.05, 3.63) is 108 Å². The van der Waals surface area contributed by atoms with Crippen LogP contribution in [0.15, 0.2) is 103 Å². The number of halogens is 1. The van der Waals surface area contributed by atoms with Crippen LogP contribution in [-0.2, 0) is 0 Å². The maximum Gasteiger partial charge on any atom is 0.160 e. The first-order chi connectivity index (χ1) is 15.8. The van der Waals surface area contributed by atoms with Crippen molar-refractivity contribution in [2.75, 3.05) is 0 Å². The molecule has 0 aliphatic rings. The maximum absolute atomic E-state index is 6.55. The molecule has 0 atom stereocenters. The number of aromatic nitrogens is 2. The summed E-state index contributed by atoms with van der Waals surface area (Å²) in [5.41, 5.74) is 6.09. The van der Waals surface area contributed by atoms with Crippen molar-refractivity contribution in [2.24, 2.45) is 0 Å². The van der Waals surface area contributed by atoms with E-state index < -0.39 is 0 Å². The Morgan fingerprint density at radius 2 is 1.25 bits per heavy atom. The number of fused-ring (bicyclic) bond motifs is 3. The van der Waals surface area contributed by atoms with E-state index in [9.17, 15) is 0 Å². The first kappa shape index (κ1) is 19.2. The fourth-order valence-electron chi connectivity index (χ4n) is 4.03. The predicted molar refractivity (Wildman–Crippen MR) is 136 cm³/mol. The Hall–Kier alpha value is -3.53. The van der Waals surface area contributed by atoms with Gasteiger partial charge in [-0.25, -0.2) is 9.97 Å². The Balaban J connectivity index is 1.64. The Morgan fingerprint density at radius 1 is 0.594 bits per heavy atom. The second kappa shape index (κ2) is 7.86. The first-order valence-corrected chi connectivity index (χ1v) is 11.6. The van der Waals surface area contributed by atoms with E-state index in [2.05, 4.69) is 54.6 Å². The number of benzene rings is 4. The van der Waals surface area contributed by atoms with Crippen LogP contribution in [-0.4, -0.2) is 9.97 Å². The summed E-state index contributed by atoms with van der Waals surface area (Å²) in [5.74, 6) is 0.680. The van der Waals surface area contributed by atoms with Gasteiger partial charge >= 0.3 is 0 Å². The highest BCUT2D eigenvalue weighted by atomic mass is 35.5. The second-order valence-electron chi connectivity index (χ2n) is 7.63. The van der Waals surface area contributed by atoms with Crippen LogP contribution in [0.2, 0.25) is 5.02 Å². The molecule has 0 saturated carbocycles. The van der Waals surface area contributed by atoms with Crippen LogP contribution in [0.3, 0.4) is 0 Å². The summed E-state index contributed by atoms with van der Waals surface area (Å²) < 4.78 is 2.31. The van der Waals surface area contributed by atoms with E-state index in [0.29, 0.717) is 10.8 Å². The highest BCUT2D eigenvalue weighted by molar-refractivity contribution is 7.26. The van der Waals surface area contributed by atoms with Crippen molar-refractivity contribution >= 4 is 43.2 Å². The highest BCUT2D eigenvalue weighted by Crippen LogP contribution is 2.39. The topological polar surface area (TPSA) is 25.8 Å². The molecule has 32 heavy (non-hydrogen) atoms. The summed E-state index contributed by atoms with van der Waals surface area (Å²) in [6, 6.07) is 35.0. The van der Waals surface area contributed by atoms with Crippen molar-refractivity contribution in [1.82, 2.24) is 9.97 Å². The molecule has 2 nitrogen and oxygen atoms in total. The molecule has 0 unspecified atom stereocenters. The average molecular weight is 449 g/mol. The molecule has 4 heteroatoms. The minimum atomic E-state index is 0.668. The number of rotatable bonds is 3. The fraction of sp³-hybridized carbons (Fsp3) is 0. The fourth-order valence-corrected chi connectivity index (χ4v) is 5.42. The third kappa shape index (κ3) is 3.36. The molecule has 2 heterocycles. The third-order valence-electron chi connectivity index (χ3n) is 5.53. The molecule has 6 aromatic rings. The molecule has 0 N–H and O–H groups in total. The van der Waals surface area contributed by atoms with Gasteiger partial charge in [-0.2, -0.15) is 0 Å². The standard InChI is InChI=1S/C28H17ClN2S/c29-22-16-20(18-9-3-1-4-10-18)15-21(17-22)28-30-25(19-11-5-2-6-12-19)27-26(31-28)23-13-7-8-14-24(23)32-27/h1-17H. The van der Waals surface area contributed by atoms with Gasteiger partial charge in [-0.05, 0) is 35.4 Å². The smallest absolute Gasteiger partial charge is 0.160 e. The minimum absolute atomic E-state index is 0.668. The van der Waals surface area contributed by atoms with Crippen LogP contribution in [0.25, 0.3) is 54.1 Å². The zero-order valence-electron chi connectivity index (χ0n) is 17.0. The molecule has 6 rings (SSSR count). The van der Waals surface area contributed by atoms with Crippen LogP contribution in [0.4, 0.5) is 0 Å². The van der Waals surface area contributed by atoms with Gasteiger partial charge in [0, 0.05) is 26.2 Å². The van der Waals surface area contributed by atoms with Gasteiger partial charge in [0.25, 0.3) is 0 Å². The van der Waals surface area contributed by atoms with Crippen molar-refractivity contribution in [1.29, 1.82) is 0 Å². The van der Waals surface area contributed by atoms with Gasteiger partial charge in [-0.1, -0.05) is 90.5 Å². The van der Waals surface area contributed by atoms with Crippen molar-refractivity contribution < 1.29 is 0 Å². The summed E-state index contributed by atoms with van der Waals surface area (Å²) in [6.45, 7) is 0. The lowest BCUT2D eigenvalue weighted by molar-refractivity contribution is 1.24. The predicted octanol–water partition coefficient (Wildman–Crippen LogP) is 8.50. The van der Waals surface area contributed by atoms with E-state index in [4.69, 9.17) is 21.6 Å². The third-order valence-corrected chi connectivity index (χ3v) is 6.92. The van der Waals surface area contributed by atoms with Gasteiger partial charge in [-0.3, -0.25) is 0 Å². The lowest BCUT2D eigenvalue weighted by atomic mass is 10.0. The van der Waals surface area contributed by atoms with Gasteiger partial charge in [0.15, 0.2) is 5.82 Å². The van der Waals surface area contributed by atoms with E-state index in [1.165, 1.54) is 4.70 Å². The molecule has 2 aromatic heterocycles. The molecule has 0 spiro atoms. The monoisotopic (exact) mass is 448 g/mol. The quantitative estimate of drug-likeness (QED) is 0.271. The molecular weight excluding hydrogens is 432 g/mol. The SMILES string of the molecule is Clc1cc(-c2ccccc2)cc(-c2nc(-c3ccccc3)c3sc4ccccc4c3n2)c1. The summed E-state index contributed by atoms with van der Waals surface area (Å²) in [5, 5.41) is 1.82. The maximum atomic E-state index is 6.55. The van der Waals surface area contributed by atoms with Crippen molar-refractivity contribution in [3.63, 3.8) is 0 Å². The number of nitrogens with zero attached hydrogens (tertiary/aromatic N) is 2. The van der Waals surface area contributed by atoms with Crippen LogP contribution in [0.5, 0.6) is 0 Å². The van der Waals surface area contributed by atoms with Crippen LogP contribution in [0.1, 0.15) is 0 Å². The average Bonchev–Trinajstić information content (AvgIpc) is 3.23. The molecule has 0 fully saturated rings.